The maximum absolute atomic E-state index is 12.4. The Kier molecular flexibility index (Phi) is 4.26. The van der Waals surface area contributed by atoms with E-state index in [0.717, 1.165) is 5.69 Å². The Balaban J connectivity index is 1.56. The van der Waals surface area contributed by atoms with Crippen molar-refractivity contribution in [3.63, 3.8) is 0 Å². The fraction of sp³-hybridized carbons (Fsp3) is 0.643. The third-order valence-electron chi connectivity index (χ3n) is 4.03. The normalized spacial score (nSPS) is 22.7. The summed E-state index contributed by atoms with van der Waals surface area (Å²) in [6.07, 6.45) is 3.34. The summed E-state index contributed by atoms with van der Waals surface area (Å²) in [7, 11) is -3.25. The van der Waals surface area contributed by atoms with Crippen molar-refractivity contribution >= 4 is 10.0 Å². The Morgan fingerprint density at radius 1 is 1.19 bits per heavy atom. The second kappa shape index (κ2) is 6.00. The zero-order valence-electron chi connectivity index (χ0n) is 11.9. The molecule has 1 aromatic rings. The fourth-order valence-corrected chi connectivity index (χ4v) is 4.26. The highest BCUT2D eigenvalue weighted by Crippen LogP contribution is 2.32. The van der Waals surface area contributed by atoms with Crippen molar-refractivity contribution in [1.82, 2.24) is 9.29 Å². The van der Waals surface area contributed by atoms with Crippen LogP contribution in [0.15, 0.2) is 24.4 Å². The predicted molar refractivity (Wildman–Crippen MR) is 77.2 cm³/mol. The van der Waals surface area contributed by atoms with Crippen LogP contribution in [0.3, 0.4) is 0 Å². The van der Waals surface area contributed by atoms with Crippen LogP contribution in [-0.4, -0.2) is 55.6 Å². The molecular formula is C14H20N2O4S. The molecule has 0 N–H and O–H groups in total. The Morgan fingerprint density at radius 3 is 2.52 bits per heavy atom. The first-order valence-electron chi connectivity index (χ1n) is 7.25. The van der Waals surface area contributed by atoms with Crippen molar-refractivity contribution < 1.29 is 17.9 Å². The lowest BCUT2D eigenvalue weighted by atomic mass is 10.1. The molecule has 2 fully saturated rings. The van der Waals surface area contributed by atoms with Gasteiger partial charge in [0.2, 0.25) is 10.0 Å². The number of ether oxygens (including phenoxy) is 2. The van der Waals surface area contributed by atoms with Gasteiger partial charge in [0.25, 0.3) is 0 Å². The van der Waals surface area contributed by atoms with Crippen LogP contribution in [0.1, 0.15) is 18.5 Å². The van der Waals surface area contributed by atoms with E-state index in [1.807, 2.05) is 18.2 Å². The summed E-state index contributed by atoms with van der Waals surface area (Å²) in [5, 5.41) is 0. The summed E-state index contributed by atoms with van der Waals surface area (Å²) in [6, 6.07) is 5.54. The van der Waals surface area contributed by atoms with Gasteiger partial charge in [0.1, 0.15) is 0 Å². The number of piperidine rings is 1. The molecule has 7 heteroatoms. The van der Waals surface area contributed by atoms with Gasteiger partial charge in [-0.15, -0.1) is 0 Å². The molecule has 0 aromatic carbocycles. The Morgan fingerprint density at radius 2 is 1.90 bits per heavy atom. The summed E-state index contributed by atoms with van der Waals surface area (Å²) in [5.74, 6) is -0.439. The first-order chi connectivity index (χ1) is 10.1. The van der Waals surface area contributed by atoms with Gasteiger partial charge in [-0.2, -0.15) is 0 Å². The summed E-state index contributed by atoms with van der Waals surface area (Å²) >= 11 is 0. The summed E-state index contributed by atoms with van der Waals surface area (Å²) in [6.45, 7) is 2.13. The van der Waals surface area contributed by atoms with Crippen LogP contribution in [0.25, 0.3) is 0 Å². The number of rotatable bonds is 4. The van der Waals surface area contributed by atoms with Gasteiger partial charge in [0.15, 0.2) is 5.79 Å². The summed E-state index contributed by atoms with van der Waals surface area (Å²) in [5.41, 5.74) is 0.803. The molecule has 116 valence electrons. The van der Waals surface area contributed by atoms with Crippen LogP contribution >= 0.6 is 0 Å². The number of nitrogens with zero attached hydrogens (tertiary/aromatic N) is 2. The van der Waals surface area contributed by atoms with Crippen LogP contribution in [-0.2, 0) is 25.9 Å². The second-order valence-electron chi connectivity index (χ2n) is 5.39. The lowest BCUT2D eigenvalue weighted by Crippen LogP contribution is -2.48. The van der Waals surface area contributed by atoms with E-state index < -0.39 is 15.8 Å². The lowest BCUT2D eigenvalue weighted by molar-refractivity contribution is -0.179. The SMILES string of the molecule is O=S(=O)(CCc1ccccn1)N1CCC2(CC1)OCCO2. The zero-order valence-corrected chi connectivity index (χ0v) is 12.7. The molecule has 6 nitrogen and oxygen atoms in total. The molecule has 1 spiro atoms. The molecule has 3 heterocycles. The molecule has 3 rings (SSSR count). The molecule has 0 radical (unpaired) electrons. The van der Waals surface area contributed by atoms with Gasteiger partial charge < -0.3 is 9.47 Å². The van der Waals surface area contributed by atoms with Crippen molar-refractivity contribution in [3.05, 3.63) is 30.1 Å². The molecule has 0 saturated carbocycles. The minimum Gasteiger partial charge on any atom is -0.347 e. The fourth-order valence-electron chi connectivity index (χ4n) is 2.80. The maximum Gasteiger partial charge on any atom is 0.214 e. The van der Waals surface area contributed by atoms with Gasteiger partial charge in [0.05, 0.1) is 19.0 Å². The predicted octanol–water partition coefficient (Wildman–Crippen LogP) is 0.793. The largest absolute Gasteiger partial charge is 0.347 e. The molecule has 0 bridgehead atoms. The summed E-state index contributed by atoms with van der Waals surface area (Å²) in [4.78, 5) is 4.16. The third kappa shape index (κ3) is 3.42. The van der Waals surface area contributed by atoms with Crippen LogP contribution in [0.4, 0.5) is 0 Å². The molecule has 0 aliphatic carbocycles. The minimum atomic E-state index is -3.25. The molecule has 21 heavy (non-hydrogen) atoms. The van der Waals surface area contributed by atoms with E-state index in [1.165, 1.54) is 0 Å². The number of hydrogen-bond acceptors (Lipinski definition) is 5. The van der Waals surface area contributed by atoms with Gasteiger partial charge in [-0.05, 0) is 12.1 Å². The van der Waals surface area contributed by atoms with Crippen molar-refractivity contribution in [3.8, 4) is 0 Å². The monoisotopic (exact) mass is 312 g/mol. The highest BCUT2D eigenvalue weighted by Gasteiger charge is 2.42. The molecule has 2 aliphatic heterocycles. The smallest absolute Gasteiger partial charge is 0.214 e. The Bertz CT molecular complexity index is 560. The molecule has 2 saturated heterocycles. The highest BCUT2D eigenvalue weighted by atomic mass is 32.2. The highest BCUT2D eigenvalue weighted by molar-refractivity contribution is 7.89. The Labute approximate surface area is 125 Å². The van der Waals surface area contributed by atoms with Crippen LogP contribution in [0.5, 0.6) is 0 Å². The van der Waals surface area contributed by atoms with E-state index in [4.69, 9.17) is 9.47 Å². The first-order valence-corrected chi connectivity index (χ1v) is 8.86. The van der Waals surface area contributed by atoms with E-state index in [1.54, 1.807) is 10.5 Å². The average Bonchev–Trinajstić information content (AvgIpc) is 2.95. The second-order valence-corrected chi connectivity index (χ2v) is 7.48. The van der Waals surface area contributed by atoms with Gasteiger partial charge in [0, 0.05) is 44.2 Å². The van der Waals surface area contributed by atoms with E-state index in [9.17, 15) is 8.42 Å². The minimum absolute atomic E-state index is 0.0960. The van der Waals surface area contributed by atoms with Gasteiger partial charge in [-0.3, -0.25) is 4.98 Å². The number of aryl methyl sites for hydroxylation is 1. The van der Waals surface area contributed by atoms with Gasteiger partial charge in [-0.25, -0.2) is 12.7 Å². The molecule has 2 aliphatic rings. The van der Waals surface area contributed by atoms with Gasteiger partial charge >= 0.3 is 0 Å². The maximum atomic E-state index is 12.4. The average molecular weight is 312 g/mol. The zero-order chi connectivity index (χ0) is 14.8. The van der Waals surface area contributed by atoms with E-state index in [0.29, 0.717) is 45.6 Å². The first kappa shape index (κ1) is 14.9. The van der Waals surface area contributed by atoms with Crippen molar-refractivity contribution in [2.24, 2.45) is 0 Å². The number of hydrogen-bond donors (Lipinski definition) is 0. The van der Waals surface area contributed by atoms with Gasteiger partial charge in [-0.1, -0.05) is 6.07 Å². The van der Waals surface area contributed by atoms with Crippen LogP contribution < -0.4 is 0 Å². The van der Waals surface area contributed by atoms with Crippen molar-refractivity contribution in [2.75, 3.05) is 32.1 Å². The molecule has 0 atom stereocenters. The molecule has 0 unspecified atom stereocenters. The van der Waals surface area contributed by atoms with Crippen molar-refractivity contribution in [2.45, 2.75) is 25.0 Å². The van der Waals surface area contributed by atoms with E-state index in [-0.39, 0.29) is 5.75 Å². The summed E-state index contributed by atoms with van der Waals surface area (Å²) < 4.78 is 37.5. The van der Waals surface area contributed by atoms with Crippen LogP contribution in [0.2, 0.25) is 0 Å². The number of pyridine rings is 1. The van der Waals surface area contributed by atoms with E-state index in [2.05, 4.69) is 4.98 Å². The Hall–Kier alpha value is -1.02. The topological polar surface area (TPSA) is 68.7 Å². The molecule has 1 aromatic heterocycles. The number of sulfonamides is 1. The van der Waals surface area contributed by atoms with Crippen LogP contribution in [0, 0.1) is 0 Å². The molecular weight excluding hydrogens is 292 g/mol. The van der Waals surface area contributed by atoms with Crippen molar-refractivity contribution in [1.29, 1.82) is 0 Å². The quantitative estimate of drug-likeness (QED) is 0.822. The lowest BCUT2D eigenvalue weighted by Gasteiger charge is -2.36. The van der Waals surface area contributed by atoms with E-state index >= 15 is 0 Å². The standard InChI is InChI=1S/C14H20N2O4S/c17-21(18,12-4-13-3-1-2-7-15-13)16-8-5-14(6-9-16)19-10-11-20-14/h1-3,7H,4-6,8-12H2. The third-order valence-corrected chi connectivity index (χ3v) is 5.91. The number of aromatic nitrogens is 1. The molecule has 0 amide bonds.